The van der Waals surface area contributed by atoms with Crippen molar-refractivity contribution < 1.29 is 4.79 Å². The quantitative estimate of drug-likeness (QED) is 0.796. The number of amides is 2. The van der Waals surface area contributed by atoms with Gasteiger partial charge in [0.25, 0.3) is 0 Å². The molecule has 3 rings (SSSR count). The zero-order valence-electron chi connectivity index (χ0n) is 15.8. The van der Waals surface area contributed by atoms with E-state index in [1.165, 1.54) is 5.56 Å². The molecule has 0 bridgehead atoms. The minimum atomic E-state index is 0. The van der Waals surface area contributed by atoms with E-state index in [0.717, 1.165) is 64.1 Å². The summed E-state index contributed by atoms with van der Waals surface area (Å²) in [6.45, 7) is 6.92. The van der Waals surface area contributed by atoms with Crippen LogP contribution in [-0.2, 0) is 6.42 Å². The minimum absolute atomic E-state index is 0. The van der Waals surface area contributed by atoms with Crippen LogP contribution < -0.4 is 10.6 Å². The third-order valence-corrected chi connectivity index (χ3v) is 5.68. The maximum atomic E-state index is 12.9. The van der Waals surface area contributed by atoms with Crippen LogP contribution in [0.4, 0.5) is 10.5 Å². The molecule has 5 nitrogen and oxygen atoms in total. The zero-order chi connectivity index (χ0) is 17.0. The maximum absolute atomic E-state index is 12.9. The molecule has 2 fully saturated rings. The van der Waals surface area contributed by atoms with Crippen molar-refractivity contribution in [1.29, 1.82) is 0 Å². The van der Waals surface area contributed by atoms with E-state index in [1.807, 2.05) is 23.1 Å². The average Bonchev–Trinajstić information content (AvgIpc) is 2.76. The molecule has 0 aliphatic carbocycles. The lowest BCUT2D eigenvalue weighted by Gasteiger charge is -2.45. The first-order chi connectivity index (χ1) is 11.6. The van der Waals surface area contributed by atoms with E-state index in [1.54, 1.807) is 0 Å². The van der Waals surface area contributed by atoms with Gasteiger partial charge in [-0.25, -0.2) is 4.79 Å². The molecule has 2 saturated heterocycles. The lowest BCUT2D eigenvalue weighted by atomic mass is 9.86. The van der Waals surface area contributed by atoms with Crippen LogP contribution >= 0.6 is 24.8 Å². The lowest BCUT2D eigenvalue weighted by molar-refractivity contribution is 0.0744. The van der Waals surface area contributed by atoms with E-state index < -0.39 is 0 Å². The van der Waals surface area contributed by atoms with Crippen molar-refractivity contribution in [3.8, 4) is 0 Å². The molecular formula is C19H32Cl2N4O. The van der Waals surface area contributed by atoms with Gasteiger partial charge in [-0.05, 0) is 57.5 Å². The summed E-state index contributed by atoms with van der Waals surface area (Å²) in [5.41, 5.74) is 2.26. The molecule has 1 aromatic carbocycles. The number of nitrogens with zero attached hydrogens (tertiary/aromatic N) is 2. The fourth-order valence-corrected chi connectivity index (χ4v) is 4.04. The largest absolute Gasteiger partial charge is 0.323 e. The Morgan fingerprint density at radius 1 is 1.19 bits per heavy atom. The molecule has 0 radical (unpaired) electrons. The van der Waals surface area contributed by atoms with Crippen molar-refractivity contribution >= 4 is 36.5 Å². The molecule has 0 saturated carbocycles. The Morgan fingerprint density at radius 3 is 2.58 bits per heavy atom. The molecule has 2 N–H and O–H groups in total. The van der Waals surface area contributed by atoms with E-state index in [0.29, 0.717) is 0 Å². The van der Waals surface area contributed by atoms with Crippen LogP contribution in [-0.4, -0.2) is 61.1 Å². The number of likely N-dealkylation sites (N-methyl/N-ethyl adjacent to an activating group) is 1. The first-order valence-electron chi connectivity index (χ1n) is 9.20. The number of benzene rings is 1. The topological polar surface area (TPSA) is 47.6 Å². The molecule has 2 aliphatic rings. The second-order valence-corrected chi connectivity index (χ2v) is 7.11. The minimum Gasteiger partial charge on any atom is -0.323 e. The number of rotatable bonds is 2. The van der Waals surface area contributed by atoms with E-state index in [9.17, 15) is 4.79 Å². The van der Waals surface area contributed by atoms with Crippen LogP contribution in [0.5, 0.6) is 0 Å². The Morgan fingerprint density at radius 2 is 1.88 bits per heavy atom. The second kappa shape index (κ2) is 10.4. The number of aryl methyl sites for hydroxylation is 1. The number of piperidine rings is 1. The Balaban J connectivity index is 0.00000169. The molecule has 26 heavy (non-hydrogen) atoms. The smallest absolute Gasteiger partial charge is 0.321 e. The summed E-state index contributed by atoms with van der Waals surface area (Å²) < 4.78 is 0. The van der Waals surface area contributed by atoms with Crippen LogP contribution in [0.1, 0.15) is 31.7 Å². The summed E-state index contributed by atoms with van der Waals surface area (Å²) in [6, 6.07) is 8.14. The molecule has 2 amide bonds. The molecule has 1 spiro atoms. The first-order valence-corrected chi connectivity index (χ1v) is 9.20. The number of nitrogens with one attached hydrogen (secondary N) is 2. The summed E-state index contributed by atoms with van der Waals surface area (Å²) in [4.78, 5) is 17.4. The van der Waals surface area contributed by atoms with Gasteiger partial charge >= 0.3 is 6.03 Å². The summed E-state index contributed by atoms with van der Waals surface area (Å²) in [5.74, 6) is 0. The standard InChI is InChI=1S/C19H30N4O.2ClH/c1-3-16-7-4-5-8-17(16)21-18(24)23-14-6-13-22(2)19(15-23)9-11-20-12-10-19;;/h4-5,7-8,20H,3,6,9-15H2,1-2H3,(H,21,24);2*1H. The van der Waals surface area contributed by atoms with E-state index in [2.05, 4.69) is 35.6 Å². The predicted octanol–water partition coefficient (Wildman–Crippen LogP) is 3.38. The van der Waals surface area contributed by atoms with Crippen molar-refractivity contribution in [1.82, 2.24) is 15.1 Å². The highest BCUT2D eigenvalue weighted by Gasteiger charge is 2.40. The van der Waals surface area contributed by atoms with Crippen LogP contribution in [0.3, 0.4) is 0 Å². The number of hydrogen-bond donors (Lipinski definition) is 2. The first kappa shape index (κ1) is 23.0. The molecule has 0 atom stereocenters. The van der Waals surface area contributed by atoms with Gasteiger partial charge in [0.2, 0.25) is 0 Å². The SMILES string of the molecule is CCc1ccccc1NC(=O)N1CCCN(C)C2(CCNCC2)C1.Cl.Cl. The Bertz CT molecular complexity index is 578. The van der Waals surface area contributed by atoms with Gasteiger partial charge in [-0.15, -0.1) is 24.8 Å². The Hall–Kier alpha value is -1.01. The fraction of sp³-hybridized carbons (Fsp3) is 0.632. The molecule has 1 aromatic rings. The summed E-state index contributed by atoms with van der Waals surface area (Å²) in [7, 11) is 2.22. The Kier molecular flexibility index (Phi) is 9.17. The van der Waals surface area contributed by atoms with E-state index in [4.69, 9.17) is 0 Å². The van der Waals surface area contributed by atoms with Crippen LogP contribution in [0.25, 0.3) is 0 Å². The van der Waals surface area contributed by atoms with Crippen LogP contribution in [0.15, 0.2) is 24.3 Å². The van der Waals surface area contributed by atoms with Gasteiger partial charge in [0, 0.05) is 30.9 Å². The summed E-state index contributed by atoms with van der Waals surface area (Å²) in [5, 5.41) is 6.60. The Labute approximate surface area is 169 Å². The number of carbonyl (C=O) groups is 1. The second-order valence-electron chi connectivity index (χ2n) is 7.11. The van der Waals surface area contributed by atoms with Gasteiger partial charge in [0.1, 0.15) is 0 Å². The van der Waals surface area contributed by atoms with E-state index in [-0.39, 0.29) is 36.4 Å². The number of halogens is 2. The third-order valence-electron chi connectivity index (χ3n) is 5.68. The highest BCUT2D eigenvalue weighted by atomic mass is 35.5. The number of carbonyl (C=O) groups excluding carboxylic acids is 1. The number of para-hydroxylation sites is 1. The molecule has 148 valence electrons. The number of anilines is 1. The van der Waals surface area contributed by atoms with Crippen LogP contribution in [0.2, 0.25) is 0 Å². The van der Waals surface area contributed by atoms with Crippen molar-refractivity contribution in [2.75, 3.05) is 45.1 Å². The summed E-state index contributed by atoms with van der Waals surface area (Å²) in [6.07, 6.45) is 4.18. The van der Waals surface area contributed by atoms with Gasteiger partial charge in [0.15, 0.2) is 0 Å². The zero-order valence-corrected chi connectivity index (χ0v) is 17.4. The number of urea groups is 1. The molecule has 2 aliphatic heterocycles. The normalized spacial score (nSPS) is 19.8. The number of hydrogen-bond acceptors (Lipinski definition) is 3. The van der Waals surface area contributed by atoms with Gasteiger partial charge in [-0.1, -0.05) is 25.1 Å². The average molecular weight is 403 g/mol. The third kappa shape index (κ3) is 5.03. The van der Waals surface area contributed by atoms with Crippen molar-refractivity contribution in [2.24, 2.45) is 0 Å². The molecular weight excluding hydrogens is 371 g/mol. The molecule has 7 heteroatoms. The maximum Gasteiger partial charge on any atom is 0.321 e. The molecule has 0 aromatic heterocycles. The molecule has 0 unspecified atom stereocenters. The lowest BCUT2D eigenvalue weighted by Crippen LogP contribution is -2.58. The summed E-state index contributed by atoms with van der Waals surface area (Å²) >= 11 is 0. The van der Waals surface area contributed by atoms with Gasteiger partial charge in [-0.2, -0.15) is 0 Å². The highest BCUT2D eigenvalue weighted by molar-refractivity contribution is 5.90. The van der Waals surface area contributed by atoms with Crippen molar-refractivity contribution in [3.05, 3.63) is 29.8 Å². The fourth-order valence-electron chi connectivity index (χ4n) is 4.04. The van der Waals surface area contributed by atoms with Gasteiger partial charge in [-0.3, -0.25) is 4.90 Å². The van der Waals surface area contributed by atoms with E-state index >= 15 is 0 Å². The molecule has 2 heterocycles. The monoisotopic (exact) mass is 402 g/mol. The predicted molar refractivity (Wildman–Crippen MR) is 113 cm³/mol. The van der Waals surface area contributed by atoms with Crippen molar-refractivity contribution in [3.63, 3.8) is 0 Å². The van der Waals surface area contributed by atoms with Crippen LogP contribution in [0, 0.1) is 0 Å². The van der Waals surface area contributed by atoms with Gasteiger partial charge in [0.05, 0.1) is 0 Å². The van der Waals surface area contributed by atoms with Gasteiger partial charge < -0.3 is 15.5 Å². The highest BCUT2D eigenvalue weighted by Crippen LogP contribution is 2.29. The van der Waals surface area contributed by atoms with Crippen molar-refractivity contribution in [2.45, 2.75) is 38.1 Å².